The maximum Gasteiger partial charge on any atom is 0.300 e. The molecule has 1 unspecified atom stereocenters. The highest BCUT2D eigenvalue weighted by molar-refractivity contribution is 6.51. The summed E-state index contributed by atoms with van der Waals surface area (Å²) in [5.41, 5.74) is 1.87. The molecular formula is C25H20ClNO5. The molecule has 0 bridgehead atoms. The number of aliphatic hydroxyl groups is 1. The second kappa shape index (κ2) is 8.40. The molecule has 1 fully saturated rings. The molecule has 1 heterocycles. The van der Waals surface area contributed by atoms with E-state index < -0.39 is 17.7 Å². The highest BCUT2D eigenvalue weighted by Gasteiger charge is 2.47. The second-order valence-electron chi connectivity index (χ2n) is 7.45. The van der Waals surface area contributed by atoms with Crippen molar-refractivity contribution in [2.45, 2.75) is 13.0 Å². The molecule has 6 nitrogen and oxygen atoms in total. The maximum absolute atomic E-state index is 13.2. The predicted molar refractivity (Wildman–Crippen MR) is 122 cm³/mol. The first-order valence-electron chi connectivity index (χ1n) is 9.82. The quantitative estimate of drug-likeness (QED) is 0.333. The van der Waals surface area contributed by atoms with Gasteiger partial charge in [0.05, 0.1) is 24.3 Å². The van der Waals surface area contributed by atoms with Crippen molar-refractivity contribution in [3.05, 3.63) is 94.0 Å². The normalized spacial score (nSPS) is 17.6. The van der Waals surface area contributed by atoms with Gasteiger partial charge in [-0.15, -0.1) is 0 Å². The molecule has 3 aromatic carbocycles. The lowest BCUT2D eigenvalue weighted by molar-refractivity contribution is -0.132. The molecule has 2 N–H and O–H groups in total. The molecule has 1 saturated heterocycles. The summed E-state index contributed by atoms with van der Waals surface area (Å²) in [6.07, 6.45) is 0. The van der Waals surface area contributed by atoms with Crippen LogP contribution in [0.4, 0.5) is 5.69 Å². The molecule has 162 valence electrons. The summed E-state index contributed by atoms with van der Waals surface area (Å²) in [6.45, 7) is 1.84. The molecule has 0 aliphatic carbocycles. The number of phenols is 1. The Hall–Kier alpha value is -3.77. The van der Waals surface area contributed by atoms with Crippen molar-refractivity contribution in [2.24, 2.45) is 0 Å². The number of anilines is 1. The van der Waals surface area contributed by atoms with Gasteiger partial charge < -0.3 is 14.9 Å². The van der Waals surface area contributed by atoms with Crippen LogP contribution in [0.25, 0.3) is 5.76 Å². The maximum atomic E-state index is 13.2. The number of aliphatic hydroxyl groups excluding tert-OH is 1. The lowest BCUT2D eigenvalue weighted by atomic mass is 9.94. The summed E-state index contributed by atoms with van der Waals surface area (Å²) < 4.78 is 5.37. The van der Waals surface area contributed by atoms with Crippen LogP contribution in [0.1, 0.15) is 22.7 Å². The number of aromatic hydroxyl groups is 1. The van der Waals surface area contributed by atoms with Gasteiger partial charge in [-0.2, -0.15) is 0 Å². The van der Waals surface area contributed by atoms with E-state index >= 15 is 0 Å². The van der Waals surface area contributed by atoms with Gasteiger partial charge in [0.15, 0.2) is 0 Å². The van der Waals surface area contributed by atoms with Crippen molar-refractivity contribution in [1.29, 1.82) is 0 Å². The summed E-state index contributed by atoms with van der Waals surface area (Å²) in [5.74, 6) is -1.70. The van der Waals surface area contributed by atoms with Crippen LogP contribution in [0.3, 0.4) is 0 Å². The van der Waals surface area contributed by atoms with Gasteiger partial charge in [-0.25, -0.2) is 0 Å². The third-order valence-electron chi connectivity index (χ3n) is 5.33. The molecule has 4 rings (SSSR count). The van der Waals surface area contributed by atoms with Crippen LogP contribution in [0.2, 0.25) is 5.02 Å². The Kier molecular flexibility index (Phi) is 5.63. The van der Waals surface area contributed by atoms with Crippen LogP contribution in [0, 0.1) is 6.92 Å². The summed E-state index contributed by atoms with van der Waals surface area (Å²) >= 11 is 6.14. The van der Waals surface area contributed by atoms with E-state index in [9.17, 15) is 19.8 Å². The van der Waals surface area contributed by atoms with E-state index in [1.807, 2.05) is 13.0 Å². The topological polar surface area (TPSA) is 87.1 Å². The zero-order valence-electron chi connectivity index (χ0n) is 17.4. The molecule has 1 amide bonds. The van der Waals surface area contributed by atoms with Crippen molar-refractivity contribution in [3.8, 4) is 11.5 Å². The first-order chi connectivity index (χ1) is 15.3. The number of benzene rings is 3. The van der Waals surface area contributed by atoms with Crippen molar-refractivity contribution in [3.63, 3.8) is 0 Å². The number of aryl methyl sites for hydroxylation is 1. The number of nitrogens with zero attached hydrogens (tertiary/aromatic N) is 1. The van der Waals surface area contributed by atoms with Crippen molar-refractivity contribution >= 4 is 34.7 Å². The molecule has 0 saturated carbocycles. The number of rotatable bonds is 4. The summed E-state index contributed by atoms with van der Waals surface area (Å²) in [4.78, 5) is 27.6. The highest BCUT2D eigenvalue weighted by atomic mass is 35.5. The van der Waals surface area contributed by atoms with Gasteiger partial charge in [0.25, 0.3) is 11.7 Å². The van der Waals surface area contributed by atoms with E-state index in [0.717, 1.165) is 5.56 Å². The van der Waals surface area contributed by atoms with Gasteiger partial charge in [0, 0.05) is 10.7 Å². The number of halogens is 1. The molecule has 1 aliphatic rings. The fourth-order valence-electron chi connectivity index (χ4n) is 3.89. The van der Waals surface area contributed by atoms with E-state index in [0.29, 0.717) is 27.6 Å². The average molecular weight is 450 g/mol. The van der Waals surface area contributed by atoms with E-state index in [-0.39, 0.29) is 17.1 Å². The number of Topliss-reactive ketones (excluding diaryl/α,β-unsaturated/α-hetero) is 1. The minimum Gasteiger partial charge on any atom is -0.508 e. The van der Waals surface area contributed by atoms with E-state index in [2.05, 4.69) is 0 Å². The molecule has 7 heteroatoms. The number of amides is 1. The molecule has 0 aromatic heterocycles. The number of ketones is 1. The van der Waals surface area contributed by atoms with Gasteiger partial charge in [-0.05, 0) is 55.0 Å². The first-order valence-corrected chi connectivity index (χ1v) is 10.2. The predicted octanol–water partition coefficient (Wildman–Crippen LogP) is 4.99. The van der Waals surface area contributed by atoms with Gasteiger partial charge in [-0.3, -0.25) is 14.5 Å². The number of carbonyl (C=O) groups is 2. The van der Waals surface area contributed by atoms with Gasteiger partial charge >= 0.3 is 0 Å². The average Bonchev–Trinajstić information content (AvgIpc) is 3.04. The van der Waals surface area contributed by atoms with Crippen molar-refractivity contribution < 1.29 is 24.5 Å². The molecule has 3 aromatic rings. The summed E-state index contributed by atoms with van der Waals surface area (Å²) in [6, 6.07) is 17.0. The van der Waals surface area contributed by atoms with E-state index in [1.165, 1.54) is 24.1 Å². The Bertz CT molecular complexity index is 1270. The van der Waals surface area contributed by atoms with E-state index in [4.69, 9.17) is 16.3 Å². The SMILES string of the molecule is COc1ccc(C)cc1/C(O)=C1\C(=O)C(=O)N(c2cccc(Cl)c2)C1c1cccc(O)c1. The monoisotopic (exact) mass is 449 g/mol. The minimum absolute atomic E-state index is 0.0349. The molecule has 1 atom stereocenters. The van der Waals surface area contributed by atoms with Crippen LogP contribution in [-0.4, -0.2) is 29.0 Å². The summed E-state index contributed by atoms with van der Waals surface area (Å²) in [7, 11) is 1.46. The smallest absolute Gasteiger partial charge is 0.300 e. The van der Waals surface area contributed by atoms with Crippen molar-refractivity contribution in [1.82, 2.24) is 0 Å². The second-order valence-corrected chi connectivity index (χ2v) is 7.88. The fourth-order valence-corrected chi connectivity index (χ4v) is 4.07. The van der Waals surface area contributed by atoms with Crippen LogP contribution in [-0.2, 0) is 9.59 Å². The Balaban J connectivity index is 2.00. The van der Waals surface area contributed by atoms with Crippen LogP contribution >= 0.6 is 11.6 Å². The van der Waals surface area contributed by atoms with Crippen LogP contribution < -0.4 is 9.64 Å². The molecule has 0 spiro atoms. The summed E-state index contributed by atoms with van der Waals surface area (Å²) in [5, 5.41) is 21.7. The van der Waals surface area contributed by atoms with Gasteiger partial charge in [0.1, 0.15) is 17.3 Å². The number of hydrogen-bond donors (Lipinski definition) is 2. The Morgan fingerprint density at radius 3 is 2.47 bits per heavy atom. The van der Waals surface area contributed by atoms with Crippen molar-refractivity contribution in [2.75, 3.05) is 12.0 Å². The number of carbonyl (C=O) groups excluding carboxylic acids is 2. The zero-order valence-corrected chi connectivity index (χ0v) is 18.1. The number of phenolic OH excluding ortho intramolecular Hbond substituents is 1. The minimum atomic E-state index is -0.981. The Morgan fingerprint density at radius 2 is 1.78 bits per heavy atom. The number of hydrogen-bond acceptors (Lipinski definition) is 5. The standard InChI is InChI=1S/C25H20ClNO5/c1-14-9-10-20(32-2)19(11-14)23(29)21-22(15-5-3-8-18(28)12-15)27(25(31)24(21)30)17-7-4-6-16(26)13-17/h3-13,22,28-29H,1-2H3/b23-21+. The third-order valence-corrected chi connectivity index (χ3v) is 5.56. The Labute approximate surface area is 189 Å². The molecule has 1 aliphatic heterocycles. The number of methoxy groups -OCH3 is 1. The lowest BCUT2D eigenvalue weighted by Gasteiger charge is -2.25. The van der Waals surface area contributed by atoms with Crippen LogP contribution in [0.15, 0.2) is 72.3 Å². The highest BCUT2D eigenvalue weighted by Crippen LogP contribution is 2.44. The third kappa shape index (κ3) is 3.69. The Morgan fingerprint density at radius 1 is 1.03 bits per heavy atom. The van der Waals surface area contributed by atoms with Gasteiger partial charge in [-0.1, -0.05) is 41.4 Å². The lowest BCUT2D eigenvalue weighted by Crippen LogP contribution is -2.29. The molecule has 0 radical (unpaired) electrons. The first kappa shape index (κ1) is 21.5. The van der Waals surface area contributed by atoms with Crippen LogP contribution in [0.5, 0.6) is 11.5 Å². The molecular weight excluding hydrogens is 430 g/mol. The zero-order chi connectivity index (χ0) is 23.0. The largest absolute Gasteiger partial charge is 0.508 e. The van der Waals surface area contributed by atoms with E-state index in [1.54, 1.807) is 48.5 Å². The molecule has 32 heavy (non-hydrogen) atoms. The fraction of sp³-hybridized carbons (Fsp3) is 0.120. The number of ether oxygens (including phenoxy) is 1. The van der Waals surface area contributed by atoms with Gasteiger partial charge in [0.2, 0.25) is 0 Å².